The Bertz CT molecular complexity index is 768. The maximum Gasteiger partial charge on any atom is 0.640 e. The standard InChI is InChI=1S/C19H20N3O4.ClH/c23-17-15-11-5-6-12-16(15)18(24)22(17)26-25-19(20-13-7-1-2-8-13)21-14-9-3-4-10-14;/h5-6,11-12H,1-4,7-10H2;1H/q+1;/p-1. The second kappa shape index (κ2) is 8.43. The molecule has 2 saturated carbocycles. The highest BCUT2D eigenvalue weighted by molar-refractivity contribution is 6.20. The lowest BCUT2D eigenvalue weighted by molar-refractivity contribution is -0.575. The van der Waals surface area contributed by atoms with Crippen LogP contribution in [0, 0.1) is 0 Å². The van der Waals surface area contributed by atoms with Crippen molar-refractivity contribution < 1.29 is 31.6 Å². The van der Waals surface area contributed by atoms with Crippen LogP contribution in [0.25, 0.3) is 0 Å². The van der Waals surface area contributed by atoms with Crippen molar-refractivity contribution in [2.24, 2.45) is 9.98 Å². The summed E-state index contributed by atoms with van der Waals surface area (Å²) in [6.45, 7) is 0. The molecule has 0 radical (unpaired) electrons. The van der Waals surface area contributed by atoms with Crippen molar-refractivity contribution in [3.05, 3.63) is 35.4 Å². The van der Waals surface area contributed by atoms with Crippen LogP contribution in [-0.4, -0.2) is 34.3 Å². The van der Waals surface area contributed by atoms with Crippen LogP contribution in [0.1, 0.15) is 72.1 Å². The number of hydroxylamine groups is 2. The van der Waals surface area contributed by atoms with E-state index in [1.165, 1.54) is 0 Å². The SMILES string of the molecule is O=C1c2ccccc2C(=O)N1O[O+]=C(N=C1CCCC1)N=C1CCCC1.[Cl-]. The number of urea groups is 1. The van der Waals surface area contributed by atoms with Gasteiger partial charge >= 0.3 is 17.8 Å². The molecule has 1 aliphatic heterocycles. The van der Waals surface area contributed by atoms with Gasteiger partial charge in [-0.15, -0.1) is 9.98 Å². The summed E-state index contributed by atoms with van der Waals surface area (Å²) in [5.74, 6) is -1.10. The molecule has 0 N–H and O–H groups in total. The Hall–Kier alpha value is -2.54. The van der Waals surface area contributed by atoms with Gasteiger partial charge < -0.3 is 12.4 Å². The lowest BCUT2D eigenvalue weighted by atomic mass is 10.1. The van der Waals surface area contributed by atoms with Gasteiger partial charge in [-0.05, 0) is 68.6 Å². The second-order valence-corrected chi connectivity index (χ2v) is 6.66. The number of amides is 4. The first-order chi connectivity index (χ1) is 12.7. The Morgan fingerprint density at radius 2 is 1.30 bits per heavy atom. The normalized spacial score (nSPS) is 18.3. The minimum atomic E-state index is -0.549. The van der Waals surface area contributed by atoms with E-state index in [-0.39, 0.29) is 18.4 Å². The molecule has 0 unspecified atom stereocenters. The third-order valence-electron chi connectivity index (χ3n) is 4.81. The quantitative estimate of drug-likeness (QED) is 0.325. The molecule has 0 spiro atoms. The molecular weight excluding hydrogens is 370 g/mol. The van der Waals surface area contributed by atoms with Crippen LogP contribution in [0.5, 0.6) is 0 Å². The van der Waals surface area contributed by atoms with E-state index in [2.05, 4.69) is 9.98 Å². The molecule has 1 aromatic rings. The van der Waals surface area contributed by atoms with Crippen molar-refractivity contribution >= 4 is 29.3 Å². The van der Waals surface area contributed by atoms with Crippen LogP contribution in [0.15, 0.2) is 34.3 Å². The number of imide groups is 1. The van der Waals surface area contributed by atoms with Gasteiger partial charge in [0.1, 0.15) is 4.58 Å². The number of hydrogen-bond acceptors (Lipinski definition) is 3. The monoisotopic (exact) mass is 389 g/mol. The van der Waals surface area contributed by atoms with E-state index in [0.717, 1.165) is 62.8 Å². The molecule has 8 heteroatoms. The van der Waals surface area contributed by atoms with Gasteiger partial charge in [0.2, 0.25) is 0 Å². The predicted octanol–water partition coefficient (Wildman–Crippen LogP) is 0.819. The molecule has 2 aliphatic carbocycles. The van der Waals surface area contributed by atoms with Gasteiger partial charge in [-0.3, -0.25) is 9.59 Å². The van der Waals surface area contributed by atoms with Gasteiger partial charge in [-0.25, -0.2) is 0 Å². The Labute approximate surface area is 163 Å². The summed E-state index contributed by atoms with van der Waals surface area (Å²) in [6.07, 6.45) is 8.03. The maximum atomic E-state index is 12.3. The average molecular weight is 390 g/mol. The fraction of sp³-hybridized carbons (Fsp3) is 0.421. The fourth-order valence-electron chi connectivity index (χ4n) is 3.43. The first kappa shape index (κ1) is 19.2. The van der Waals surface area contributed by atoms with Crippen molar-refractivity contribution in [3.8, 4) is 0 Å². The largest absolute Gasteiger partial charge is 1.00 e. The molecule has 3 aliphatic rings. The van der Waals surface area contributed by atoms with E-state index in [1.807, 2.05) is 0 Å². The Morgan fingerprint density at radius 3 is 1.74 bits per heavy atom. The first-order valence-electron chi connectivity index (χ1n) is 9.04. The van der Waals surface area contributed by atoms with Crippen LogP contribution in [0.4, 0.5) is 4.58 Å². The minimum Gasteiger partial charge on any atom is -1.00 e. The Balaban J connectivity index is 0.00000210. The van der Waals surface area contributed by atoms with Gasteiger partial charge in [0.15, 0.2) is 0 Å². The van der Waals surface area contributed by atoms with Crippen LogP contribution in [0.2, 0.25) is 0 Å². The first-order valence-corrected chi connectivity index (χ1v) is 9.04. The summed E-state index contributed by atoms with van der Waals surface area (Å²) in [4.78, 5) is 38.6. The average Bonchev–Trinajstić information content (AvgIpc) is 3.38. The van der Waals surface area contributed by atoms with Crippen molar-refractivity contribution in [1.82, 2.24) is 5.06 Å². The van der Waals surface area contributed by atoms with Gasteiger partial charge in [-0.1, -0.05) is 12.1 Å². The number of aliphatic imine (C=N–C) groups is 2. The van der Waals surface area contributed by atoms with Crippen LogP contribution in [-0.2, 0) is 4.99 Å². The summed E-state index contributed by atoms with van der Waals surface area (Å²) >= 11 is 0. The van der Waals surface area contributed by atoms with E-state index >= 15 is 0 Å². The molecule has 142 valence electrons. The molecule has 0 saturated heterocycles. The summed E-state index contributed by atoms with van der Waals surface area (Å²) in [7, 11) is 0. The maximum absolute atomic E-state index is 12.3. The number of carbonyl (C=O) groups excluding carboxylic acids is 3. The van der Waals surface area contributed by atoms with Gasteiger partial charge in [0.05, 0.1) is 11.1 Å². The van der Waals surface area contributed by atoms with E-state index in [0.29, 0.717) is 16.2 Å². The van der Waals surface area contributed by atoms with Gasteiger partial charge in [-0.2, -0.15) is 0 Å². The van der Waals surface area contributed by atoms with Crippen molar-refractivity contribution in [3.63, 3.8) is 0 Å². The van der Waals surface area contributed by atoms with Gasteiger partial charge in [0, 0.05) is 16.4 Å². The summed E-state index contributed by atoms with van der Waals surface area (Å²) in [5.41, 5.74) is 2.61. The number of benzene rings is 1. The molecule has 1 aromatic carbocycles. The smallest absolute Gasteiger partial charge is 0.640 e. The van der Waals surface area contributed by atoms with Crippen molar-refractivity contribution in [2.75, 3.05) is 0 Å². The zero-order valence-electron chi connectivity index (χ0n) is 14.8. The summed E-state index contributed by atoms with van der Waals surface area (Å²) in [5, 5.41) is 0.619. The number of halogens is 1. The van der Waals surface area contributed by atoms with E-state index in [4.69, 9.17) is 9.56 Å². The lowest BCUT2D eigenvalue weighted by Crippen LogP contribution is -3.00. The number of carbonyl (C=O) groups is 2. The van der Waals surface area contributed by atoms with Gasteiger partial charge in [0.25, 0.3) is 0 Å². The van der Waals surface area contributed by atoms with Crippen molar-refractivity contribution in [1.29, 1.82) is 0 Å². The van der Waals surface area contributed by atoms with Crippen LogP contribution < -0.4 is 12.4 Å². The number of rotatable bonds is 2. The zero-order valence-corrected chi connectivity index (χ0v) is 15.6. The number of fused-ring (bicyclic) bond motifs is 1. The number of hydrogen-bond donors (Lipinski definition) is 0. The molecule has 4 amide bonds. The number of nitrogens with zero attached hydrogens (tertiary/aromatic N) is 3. The van der Waals surface area contributed by atoms with E-state index in [9.17, 15) is 9.59 Å². The second-order valence-electron chi connectivity index (χ2n) is 6.66. The molecule has 27 heavy (non-hydrogen) atoms. The van der Waals surface area contributed by atoms with Crippen LogP contribution >= 0.6 is 0 Å². The van der Waals surface area contributed by atoms with Crippen molar-refractivity contribution in [2.45, 2.75) is 51.4 Å². The third-order valence-corrected chi connectivity index (χ3v) is 4.81. The third kappa shape index (κ3) is 4.08. The molecule has 0 bridgehead atoms. The highest BCUT2D eigenvalue weighted by Crippen LogP contribution is 2.24. The lowest BCUT2D eigenvalue weighted by Gasteiger charge is -1.98. The van der Waals surface area contributed by atoms with Crippen LogP contribution in [0.3, 0.4) is 0 Å². The summed E-state index contributed by atoms with van der Waals surface area (Å²) in [6, 6.07) is 6.63. The molecule has 2 fully saturated rings. The fourth-order valence-corrected chi connectivity index (χ4v) is 3.43. The molecular formula is C19H20ClN3O4. The Kier molecular flexibility index (Phi) is 6.01. The van der Waals surface area contributed by atoms with E-state index in [1.54, 1.807) is 24.3 Å². The molecule has 0 aromatic heterocycles. The summed E-state index contributed by atoms with van der Waals surface area (Å²) < 4.78 is 5.25. The highest BCUT2D eigenvalue weighted by Gasteiger charge is 2.41. The predicted molar refractivity (Wildman–Crippen MR) is 95.2 cm³/mol. The molecule has 7 nitrogen and oxygen atoms in total. The topological polar surface area (TPSA) is 82.6 Å². The molecule has 4 rings (SSSR count). The Morgan fingerprint density at radius 1 is 0.852 bits per heavy atom. The molecule has 1 heterocycles. The van der Waals surface area contributed by atoms with E-state index < -0.39 is 11.8 Å². The highest BCUT2D eigenvalue weighted by atomic mass is 35.5. The minimum absolute atomic E-state index is 0. The zero-order chi connectivity index (χ0) is 17.9. The molecule has 0 atom stereocenters.